The van der Waals surface area contributed by atoms with E-state index in [0.29, 0.717) is 25.2 Å². The van der Waals surface area contributed by atoms with Crippen molar-refractivity contribution in [1.82, 2.24) is 15.1 Å². The zero-order chi connectivity index (χ0) is 12.4. The van der Waals surface area contributed by atoms with Crippen molar-refractivity contribution in [3.8, 4) is 0 Å². The van der Waals surface area contributed by atoms with E-state index in [0.717, 1.165) is 5.69 Å². The summed E-state index contributed by atoms with van der Waals surface area (Å²) in [5.74, 6) is 0.491. The minimum atomic E-state index is -0.150. The summed E-state index contributed by atoms with van der Waals surface area (Å²) in [4.78, 5) is 22.9. The first-order valence-electron chi connectivity index (χ1n) is 5.64. The van der Waals surface area contributed by atoms with Gasteiger partial charge >= 0.3 is 0 Å². The number of piperidine rings is 1. The lowest BCUT2D eigenvalue weighted by Crippen LogP contribution is -2.40. The molecular formula is C11H16N4O2. The molecule has 6 nitrogen and oxygen atoms in total. The fourth-order valence-corrected chi connectivity index (χ4v) is 1.91. The van der Waals surface area contributed by atoms with Gasteiger partial charge in [0, 0.05) is 26.1 Å². The molecule has 0 radical (unpaired) electrons. The molecule has 92 valence electrons. The summed E-state index contributed by atoms with van der Waals surface area (Å²) in [5, 5.41) is 9.68. The molecule has 2 N–H and O–H groups in total. The Morgan fingerprint density at radius 2 is 2.41 bits per heavy atom. The fourth-order valence-electron chi connectivity index (χ4n) is 1.91. The highest BCUT2D eigenvalue weighted by molar-refractivity contribution is 5.93. The second-order valence-electron chi connectivity index (χ2n) is 4.32. The molecule has 1 aliphatic rings. The molecule has 1 aromatic heterocycles. The average molecular weight is 236 g/mol. The molecule has 6 heteroatoms. The van der Waals surface area contributed by atoms with E-state index in [1.165, 1.54) is 0 Å². The van der Waals surface area contributed by atoms with Crippen LogP contribution < -0.4 is 10.6 Å². The van der Waals surface area contributed by atoms with Crippen molar-refractivity contribution >= 4 is 17.6 Å². The van der Waals surface area contributed by atoms with Crippen LogP contribution in [0, 0.1) is 12.8 Å². The third-order valence-electron chi connectivity index (χ3n) is 2.89. The van der Waals surface area contributed by atoms with Gasteiger partial charge in [0.1, 0.15) is 5.82 Å². The van der Waals surface area contributed by atoms with Crippen LogP contribution in [0.4, 0.5) is 5.82 Å². The average Bonchev–Trinajstić information content (AvgIpc) is 2.58. The highest BCUT2D eigenvalue weighted by Crippen LogP contribution is 2.15. The number of nitrogens with one attached hydrogen (secondary N) is 2. The first kappa shape index (κ1) is 11.6. The van der Waals surface area contributed by atoms with Gasteiger partial charge in [-0.05, 0) is 13.3 Å². The predicted molar refractivity (Wildman–Crippen MR) is 62.3 cm³/mol. The molecule has 0 saturated carbocycles. The van der Waals surface area contributed by atoms with Crippen molar-refractivity contribution in [1.29, 1.82) is 0 Å². The van der Waals surface area contributed by atoms with Gasteiger partial charge in [0.25, 0.3) is 0 Å². The van der Waals surface area contributed by atoms with E-state index in [4.69, 9.17) is 0 Å². The highest BCUT2D eigenvalue weighted by Gasteiger charge is 2.24. The largest absolute Gasteiger partial charge is 0.355 e. The topological polar surface area (TPSA) is 76.0 Å². The van der Waals surface area contributed by atoms with E-state index in [1.54, 1.807) is 11.7 Å². The van der Waals surface area contributed by atoms with Crippen LogP contribution in [0.25, 0.3) is 0 Å². The second-order valence-corrected chi connectivity index (χ2v) is 4.32. The zero-order valence-electron chi connectivity index (χ0n) is 9.99. The van der Waals surface area contributed by atoms with E-state index < -0.39 is 0 Å². The summed E-state index contributed by atoms with van der Waals surface area (Å²) in [6.45, 7) is 2.29. The Balaban J connectivity index is 1.97. The van der Waals surface area contributed by atoms with Crippen LogP contribution in [0.15, 0.2) is 6.07 Å². The van der Waals surface area contributed by atoms with Gasteiger partial charge in [-0.1, -0.05) is 0 Å². The van der Waals surface area contributed by atoms with Gasteiger partial charge in [-0.3, -0.25) is 14.3 Å². The lowest BCUT2D eigenvalue weighted by Gasteiger charge is -2.21. The first-order valence-corrected chi connectivity index (χ1v) is 5.64. The molecule has 17 heavy (non-hydrogen) atoms. The Bertz CT molecular complexity index is 442. The number of rotatable bonds is 2. The normalized spacial score (nSPS) is 19.9. The van der Waals surface area contributed by atoms with Crippen molar-refractivity contribution in [2.75, 3.05) is 11.9 Å². The standard InChI is InChI=1S/C11H16N4O2/c1-7-5-9(15(2)14-7)13-11(17)8-3-4-10(16)12-6-8/h5,8H,3-4,6H2,1-2H3,(H,12,16)(H,13,17). The number of amides is 2. The monoisotopic (exact) mass is 236 g/mol. The summed E-state index contributed by atoms with van der Waals surface area (Å²) in [6.07, 6.45) is 1.02. The molecule has 1 unspecified atom stereocenters. The number of hydrogen-bond donors (Lipinski definition) is 2. The molecule has 0 aromatic carbocycles. The Morgan fingerprint density at radius 1 is 1.65 bits per heavy atom. The number of carbonyl (C=O) groups excluding carboxylic acids is 2. The minimum Gasteiger partial charge on any atom is -0.355 e. The summed E-state index contributed by atoms with van der Waals surface area (Å²) in [5.41, 5.74) is 0.861. The van der Waals surface area contributed by atoms with Gasteiger partial charge in [-0.25, -0.2) is 0 Å². The molecule has 1 atom stereocenters. The number of anilines is 1. The smallest absolute Gasteiger partial charge is 0.230 e. The molecular weight excluding hydrogens is 220 g/mol. The highest BCUT2D eigenvalue weighted by atomic mass is 16.2. The minimum absolute atomic E-state index is 0.0189. The van der Waals surface area contributed by atoms with Gasteiger partial charge < -0.3 is 10.6 Å². The SMILES string of the molecule is Cc1cc(NC(=O)C2CCC(=O)NC2)n(C)n1. The van der Waals surface area contributed by atoms with Gasteiger partial charge in [0.05, 0.1) is 11.6 Å². The maximum Gasteiger partial charge on any atom is 0.230 e. The molecule has 0 bridgehead atoms. The van der Waals surface area contributed by atoms with Crippen LogP contribution in [0.5, 0.6) is 0 Å². The van der Waals surface area contributed by atoms with Crippen molar-refractivity contribution in [3.63, 3.8) is 0 Å². The molecule has 0 aliphatic carbocycles. The second kappa shape index (κ2) is 4.57. The third kappa shape index (κ3) is 2.64. The molecule has 2 rings (SSSR count). The van der Waals surface area contributed by atoms with E-state index in [9.17, 15) is 9.59 Å². The van der Waals surface area contributed by atoms with Gasteiger partial charge in [-0.15, -0.1) is 0 Å². The molecule has 1 aliphatic heterocycles. The Hall–Kier alpha value is -1.85. The number of aromatic nitrogens is 2. The van der Waals surface area contributed by atoms with Crippen LogP contribution in [0.1, 0.15) is 18.5 Å². The van der Waals surface area contributed by atoms with Crippen molar-refractivity contribution < 1.29 is 9.59 Å². The fraction of sp³-hybridized carbons (Fsp3) is 0.545. The molecule has 1 saturated heterocycles. The summed E-state index contributed by atoms with van der Waals surface area (Å²) >= 11 is 0. The lowest BCUT2D eigenvalue weighted by molar-refractivity contribution is -0.126. The van der Waals surface area contributed by atoms with Crippen LogP contribution in [-0.4, -0.2) is 28.1 Å². The number of hydrogen-bond acceptors (Lipinski definition) is 3. The zero-order valence-corrected chi connectivity index (χ0v) is 9.99. The van der Waals surface area contributed by atoms with Gasteiger partial charge in [-0.2, -0.15) is 5.10 Å². The third-order valence-corrected chi connectivity index (χ3v) is 2.89. The molecule has 2 heterocycles. The Labute approximate surface area is 99.4 Å². The maximum absolute atomic E-state index is 11.9. The van der Waals surface area contributed by atoms with E-state index in [-0.39, 0.29) is 17.7 Å². The maximum atomic E-state index is 11.9. The van der Waals surface area contributed by atoms with Crippen molar-refractivity contribution in [3.05, 3.63) is 11.8 Å². The summed E-state index contributed by atoms with van der Waals surface area (Å²) in [6, 6.07) is 1.82. The number of carbonyl (C=O) groups is 2. The van der Waals surface area contributed by atoms with Gasteiger partial charge in [0.2, 0.25) is 11.8 Å². The number of nitrogens with zero attached hydrogens (tertiary/aromatic N) is 2. The first-order chi connectivity index (χ1) is 8.06. The van der Waals surface area contributed by atoms with Gasteiger partial charge in [0.15, 0.2) is 0 Å². The summed E-state index contributed by atoms with van der Waals surface area (Å²) < 4.78 is 1.63. The Morgan fingerprint density at radius 3 is 2.94 bits per heavy atom. The van der Waals surface area contributed by atoms with Crippen LogP contribution in [0.2, 0.25) is 0 Å². The van der Waals surface area contributed by atoms with E-state index >= 15 is 0 Å². The van der Waals surface area contributed by atoms with Crippen molar-refractivity contribution in [2.24, 2.45) is 13.0 Å². The lowest BCUT2D eigenvalue weighted by atomic mass is 9.98. The van der Waals surface area contributed by atoms with E-state index in [1.807, 2.05) is 13.0 Å². The number of aryl methyl sites for hydroxylation is 2. The quantitative estimate of drug-likeness (QED) is 0.769. The molecule has 1 aromatic rings. The van der Waals surface area contributed by atoms with Crippen molar-refractivity contribution in [2.45, 2.75) is 19.8 Å². The molecule has 2 amide bonds. The molecule has 1 fully saturated rings. The Kier molecular flexibility index (Phi) is 3.12. The summed E-state index contributed by atoms with van der Waals surface area (Å²) in [7, 11) is 1.78. The van der Waals surface area contributed by atoms with Crippen LogP contribution >= 0.6 is 0 Å². The van der Waals surface area contributed by atoms with E-state index in [2.05, 4.69) is 15.7 Å². The van der Waals surface area contributed by atoms with Crippen LogP contribution in [0.3, 0.4) is 0 Å². The van der Waals surface area contributed by atoms with Crippen LogP contribution in [-0.2, 0) is 16.6 Å². The molecule has 0 spiro atoms. The predicted octanol–water partition coefficient (Wildman–Crippen LogP) is 0.193.